The number of benzene rings is 1. The molecule has 2 fully saturated rings. The Morgan fingerprint density at radius 1 is 1.24 bits per heavy atom. The van der Waals surface area contributed by atoms with Crippen LogP contribution in [0.3, 0.4) is 0 Å². The number of piperidine rings is 1. The Kier molecular flexibility index (Phi) is 5.74. The second-order valence-corrected chi connectivity index (χ2v) is 7.91. The molecule has 1 amide bonds. The number of carbonyl (C=O) groups is 1. The van der Waals surface area contributed by atoms with Crippen molar-refractivity contribution in [1.29, 1.82) is 0 Å². The summed E-state index contributed by atoms with van der Waals surface area (Å²) < 4.78 is 13.7. The highest BCUT2D eigenvalue weighted by Gasteiger charge is 2.34. The molecule has 1 aromatic carbocycles. The largest absolute Gasteiger partial charge is 0.389 e. The second-order valence-electron chi connectivity index (χ2n) is 7.91. The quantitative estimate of drug-likeness (QED) is 0.880. The minimum Gasteiger partial charge on any atom is -0.389 e. The summed E-state index contributed by atoms with van der Waals surface area (Å²) in [7, 11) is 0. The zero-order valence-electron chi connectivity index (χ0n) is 15.0. The van der Waals surface area contributed by atoms with Crippen LogP contribution in [-0.2, 0) is 0 Å². The Hall–Kier alpha value is -1.46. The highest BCUT2D eigenvalue weighted by Crippen LogP contribution is 2.33. The molecule has 2 aliphatic rings. The molecule has 1 aliphatic carbocycles. The lowest BCUT2D eigenvalue weighted by Gasteiger charge is -2.41. The van der Waals surface area contributed by atoms with Gasteiger partial charge in [-0.25, -0.2) is 4.39 Å². The van der Waals surface area contributed by atoms with Gasteiger partial charge in [0.05, 0.1) is 11.2 Å². The van der Waals surface area contributed by atoms with E-state index in [0.717, 1.165) is 64.1 Å². The number of β-amino-alcohol motifs (C(OH)–C–C–N with tert-alkyl or cyclic N) is 1. The molecule has 25 heavy (non-hydrogen) atoms. The Morgan fingerprint density at radius 3 is 2.52 bits per heavy atom. The molecule has 1 saturated heterocycles. The fourth-order valence-corrected chi connectivity index (χ4v) is 4.02. The number of hydrogen-bond acceptors (Lipinski definition) is 3. The van der Waals surface area contributed by atoms with Crippen molar-refractivity contribution in [2.45, 2.75) is 57.1 Å². The summed E-state index contributed by atoms with van der Waals surface area (Å²) >= 11 is 0. The van der Waals surface area contributed by atoms with Crippen LogP contribution in [0, 0.1) is 11.7 Å². The topological polar surface area (TPSA) is 52.6 Å². The molecular weight excluding hydrogens is 319 g/mol. The minimum atomic E-state index is -0.546. The average Bonchev–Trinajstić information content (AvgIpc) is 2.60. The first kappa shape index (κ1) is 18.3. The van der Waals surface area contributed by atoms with Crippen molar-refractivity contribution in [1.82, 2.24) is 10.2 Å². The zero-order chi connectivity index (χ0) is 17.9. The van der Waals surface area contributed by atoms with E-state index in [0.29, 0.717) is 0 Å². The van der Waals surface area contributed by atoms with Gasteiger partial charge >= 0.3 is 0 Å². The third kappa shape index (κ3) is 4.79. The lowest BCUT2D eigenvalue weighted by molar-refractivity contribution is -0.0395. The van der Waals surface area contributed by atoms with Gasteiger partial charge in [0.25, 0.3) is 5.91 Å². The molecule has 0 atom stereocenters. The number of nitrogens with one attached hydrogen (secondary N) is 1. The number of carbonyl (C=O) groups excluding carboxylic acids is 1. The standard InChI is InChI=1S/C20H29FN2O2/c1-15-6-10-20(25,11-7-15)14-23-12-8-16(9-13-23)22-19(24)17-4-2-3-5-18(17)21/h2-5,15-16,25H,6-14H2,1H3,(H,22,24). The Bertz CT molecular complexity index is 591. The first-order valence-electron chi connectivity index (χ1n) is 9.45. The number of amides is 1. The van der Waals surface area contributed by atoms with Crippen LogP contribution in [0.5, 0.6) is 0 Å². The maximum absolute atomic E-state index is 13.7. The number of rotatable bonds is 4. The van der Waals surface area contributed by atoms with Crippen molar-refractivity contribution < 1.29 is 14.3 Å². The van der Waals surface area contributed by atoms with Gasteiger partial charge < -0.3 is 15.3 Å². The van der Waals surface area contributed by atoms with Gasteiger partial charge in [-0.2, -0.15) is 0 Å². The smallest absolute Gasteiger partial charge is 0.254 e. The molecule has 4 nitrogen and oxygen atoms in total. The van der Waals surface area contributed by atoms with Crippen molar-refractivity contribution >= 4 is 5.91 Å². The molecule has 0 aromatic heterocycles. The molecule has 0 spiro atoms. The Morgan fingerprint density at radius 2 is 1.88 bits per heavy atom. The Labute approximate surface area is 149 Å². The normalized spacial score (nSPS) is 28.7. The summed E-state index contributed by atoms with van der Waals surface area (Å²) in [6, 6.07) is 6.15. The Balaban J connectivity index is 1.46. The van der Waals surface area contributed by atoms with Gasteiger partial charge in [0, 0.05) is 25.7 Å². The highest BCUT2D eigenvalue weighted by atomic mass is 19.1. The molecule has 0 unspecified atom stereocenters. The first-order chi connectivity index (χ1) is 12.0. The van der Waals surface area contributed by atoms with Crippen molar-refractivity contribution in [3.05, 3.63) is 35.6 Å². The van der Waals surface area contributed by atoms with Gasteiger partial charge in [0.1, 0.15) is 5.82 Å². The van der Waals surface area contributed by atoms with Gasteiger partial charge in [-0.1, -0.05) is 19.1 Å². The van der Waals surface area contributed by atoms with Crippen molar-refractivity contribution in [3.8, 4) is 0 Å². The molecule has 138 valence electrons. The first-order valence-corrected chi connectivity index (χ1v) is 9.45. The molecule has 0 bridgehead atoms. The number of likely N-dealkylation sites (tertiary alicyclic amines) is 1. The summed E-state index contributed by atoms with van der Waals surface area (Å²) in [5, 5.41) is 13.7. The van der Waals surface area contributed by atoms with Crippen LogP contribution in [0.1, 0.15) is 55.8 Å². The molecule has 3 rings (SSSR count). The van der Waals surface area contributed by atoms with Crippen molar-refractivity contribution in [2.24, 2.45) is 5.92 Å². The van der Waals surface area contributed by atoms with E-state index in [9.17, 15) is 14.3 Å². The van der Waals surface area contributed by atoms with E-state index in [2.05, 4.69) is 17.1 Å². The fraction of sp³-hybridized carbons (Fsp3) is 0.650. The van der Waals surface area contributed by atoms with E-state index >= 15 is 0 Å². The summed E-state index contributed by atoms with van der Waals surface area (Å²) in [6.07, 6.45) is 5.66. The van der Waals surface area contributed by atoms with Gasteiger partial charge in [-0.15, -0.1) is 0 Å². The predicted molar refractivity (Wildman–Crippen MR) is 95.9 cm³/mol. The van der Waals surface area contributed by atoms with E-state index in [-0.39, 0.29) is 17.5 Å². The summed E-state index contributed by atoms with van der Waals surface area (Å²) in [5.74, 6) is -0.0952. The number of aliphatic hydroxyl groups is 1. The van der Waals surface area contributed by atoms with E-state index in [1.807, 2.05) is 0 Å². The highest BCUT2D eigenvalue weighted by molar-refractivity contribution is 5.94. The van der Waals surface area contributed by atoms with E-state index in [4.69, 9.17) is 0 Å². The molecule has 2 N–H and O–H groups in total. The average molecular weight is 348 g/mol. The number of halogens is 1. The molecule has 1 saturated carbocycles. The maximum atomic E-state index is 13.7. The monoisotopic (exact) mass is 348 g/mol. The second kappa shape index (κ2) is 7.83. The third-order valence-corrected chi connectivity index (χ3v) is 5.76. The lowest BCUT2D eigenvalue weighted by Crippen LogP contribution is -2.50. The maximum Gasteiger partial charge on any atom is 0.254 e. The molecular formula is C20H29FN2O2. The summed E-state index contributed by atoms with van der Waals surface area (Å²) in [6.45, 7) is 4.71. The van der Waals surface area contributed by atoms with E-state index in [1.54, 1.807) is 12.1 Å². The fourth-order valence-electron chi connectivity index (χ4n) is 4.02. The van der Waals surface area contributed by atoms with Crippen LogP contribution < -0.4 is 5.32 Å². The third-order valence-electron chi connectivity index (χ3n) is 5.76. The lowest BCUT2D eigenvalue weighted by atomic mass is 9.79. The van der Waals surface area contributed by atoms with Crippen LogP contribution in [0.25, 0.3) is 0 Å². The van der Waals surface area contributed by atoms with Crippen LogP contribution in [0.4, 0.5) is 4.39 Å². The summed E-state index contributed by atoms with van der Waals surface area (Å²) in [4.78, 5) is 14.5. The minimum absolute atomic E-state index is 0.0735. The zero-order valence-corrected chi connectivity index (χ0v) is 15.0. The van der Waals surface area contributed by atoms with Crippen LogP contribution in [0.15, 0.2) is 24.3 Å². The number of nitrogens with zero attached hydrogens (tertiary/aromatic N) is 1. The molecule has 5 heteroatoms. The van der Waals surface area contributed by atoms with Gasteiger partial charge in [-0.05, 0) is 56.6 Å². The van der Waals surface area contributed by atoms with Gasteiger partial charge in [-0.3, -0.25) is 4.79 Å². The van der Waals surface area contributed by atoms with Crippen LogP contribution in [0.2, 0.25) is 0 Å². The number of hydrogen-bond donors (Lipinski definition) is 2. The molecule has 1 aliphatic heterocycles. The molecule has 1 aromatic rings. The van der Waals surface area contributed by atoms with Crippen LogP contribution in [-0.4, -0.2) is 47.2 Å². The van der Waals surface area contributed by atoms with E-state index < -0.39 is 11.4 Å². The molecule has 1 heterocycles. The van der Waals surface area contributed by atoms with Crippen LogP contribution >= 0.6 is 0 Å². The van der Waals surface area contributed by atoms with Gasteiger partial charge in [0.2, 0.25) is 0 Å². The van der Waals surface area contributed by atoms with E-state index in [1.165, 1.54) is 12.1 Å². The SMILES string of the molecule is CC1CCC(O)(CN2CCC(NC(=O)c3ccccc3F)CC2)CC1. The summed E-state index contributed by atoms with van der Waals surface area (Å²) in [5.41, 5.74) is -0.439. The molecule has 0 radical (unpaired) electrons. The predicted octanol–water partition coefficient (Wildman–Crippen LogP) is 2.96. The van der Waals surface area contributed by atoms with Crippen molar-refractivity contribution in [3.63, 3.8) is 0 Å². The van der Waals surface area contributed by atoms with Crippen molar-refractivity contribution in [2.75, 3.05) is 19.6 Å². The van der Waals surface area contributed by atoms with Gasteiger partial charge in [0.15, 0.2) is 0 Å².